The van der Waals surface area contributed by atoms with Gasteiger partial charge in [0.15, 0.2) is 6.29 Å². The zero-order valence-electron chi connectivity index (χ0n) is 9.47. The number of hydrogen-bond donors (Lipinski definition) is 4. The van der Waals surface area contributed by atoms with Crippen molar-refractivity contribution >= 4 is 18.2 Å². The Bertz CT molecular complexity index is 476. The number of carboxylic acids is 2. The molecule has 7 nitrogen and oxygen atoms in total. The van der Waals surface area contributed by atoms with Crippen molar-refractivity contribution in [3.05, 3.63) is 22.5 Å². The average molecular weight is 255 g/mol. The van der Waals surface area contributed by atoms with E-state index in [4.69, 9.17) is 15.3 Å². The number of nitrogens with one attached hydrogen (secondary N) is 1. The van der Waals surface area contributed by atoms with E-state index < -0.39 is 18.5 Å². The van der Waals surface area contributed by atoms with Gasteiger partial charge in [-0.25, -0.2) is 0 Å². The second kappa shape index (κ2) is 5.97. The van der Waals surface area contributed by atoms with Crippen molar-refractivity contribution in [3.63, 3.8) is 0 Å². The van der Waals surface area contributed by atoms with Crippen LogP contribution in [-0.2, 0) is 29.0 Å². The molecule has 1 heterocycles. The molecule has 1 aromatic rings. The molecule has 0 radical (unpaired) electrons. The molecule has 0 saturated heterocycles. The van der Waals surface area contributed by atoms with Crippen molar-refractivity contribution < 1.29 is 29.7 Å². The van der Waals surface area contributed by atoms with Crippen molar-refractivity contribution in [3.8, 4) is 0 Å². The van der Waals surface area contributed by atoms with Gasteiger partial charge in [0.2, 0.25) is 0 Å². The predicted molar refractivity (Wildman–Crippen MR) is 59.4 cm³/mol. The number of carbonyl (C=O) groups is 3. The second-order valence-corrected chi connectivity index (χ2v) is 3.71. The quantitative estimate of drug-likeness (QED) is 0.506. The monoisotopic (exact) mass is 255 g/mol. The van der Waals surface area contributed by atoms with Crippen LogP contribution in [0.4, 0.5) is 0 Å². The highest BCUT2D eigenvalue weighted by Crippen LogP contribution is 2.21. The highest BCUT2D eigenvalue weighted by molar-refractivity contribution is 5.79. The number of aromatic amines is 1. The Morgan fingerprint density at radius 3 is 2.28 bits per heavy atom. The molecule has 1 rings (SSSR count). The third-order valence-electron chi connectivity index (χ3n) is 2.53. The lowest BCUT2D eigenvalue weighted by molar-refractivity contribution is -0.137. The van der Waals surface area contributed by atoms with Crippen LogP contribution >= 0.6 is 0 Å². The summed E-state index contributed by atoms with van der Waals surface area (Å²) in [5.74, 6) is -2.16. The Labute approximate surface area is 102 Å². The summed E-state index contributed by atoms with van der Waals surface area (Å²) in [5, 5.41) is 26.5. The Balaban J connectivity index is 3.15. The van der Waals surface area contributed by atoms with Crippen molar-refractivity contribution in [2.75, 3.05) is 0 Å². The van der Waals surface area contributed by atoms with Gasteiger partial charge < -0.3 is 20.3 Å². The summed E-state index contributed by atoms with van der Waals surface area (Å²) >= 11 is 0. The van der Waals surface area contributed by atoms with Crippen LogP contribution in [0.3, 0.4) is 0 Å². The zero-order valence-corrected chi connectivity index (χ0v) is 9.47. The van der Waals surface area contributed by atoms with Crippen molar-refractivity contribution in [2.45, 2.75) is 25.9 Å². The largest absolute Gasteiger partial charge is 0.481 e. The maximum absolute atomic E-state index is 10.8. The van der Waals surface area contributed by atoms with Crippen molar-refractivity contribution in [1.82, 2.24) is 4.98 Å². The summed E-state index contributed by atoms with van der Waals surface area (Å²) in [6.45, 7) is -0.434. The van der Waals surface area contributed by atoms with Crippen LogP contribution in [0.25, 0.3) is 0 Å². The van der Waals surface area contributed by atoms with E-state index in [0.29, 0.717) is 11.8 Å². The zero-order chi connectivity index (χ0) is 13.7. The minimum Gasteiger partial charge on any atom is -0.481 e. The standard InChI is InChI=1S/C11H13NO6/c13-4-8-6(1-2-10(15)16)7(3-11(17)18)9(5-14)12-8/h4,12,14H,1-3,5H2,(H,15,16)(H,17,18). The van der Waals surface area contributed by atoms with Gasteiger partial charge in [0, 0.05) is 12.1 Å². The number of rotatable bonds is 7. The van der Waals surface area contributed by atoms with E-state index in [1.54, 1.807) is 0 Å². The van der Waals surface area contributed by atoms with E-state index in [1.165, 1.54) is 0 Å². The van der Waals surface area contributed by atoms with Crippen LogP contribution in [0.1, 0.15) is 33.7 Å². The summed E-state index contributed by atoms with van der Waals surface area (Å²) in [7, 11) is 0. The number of carbonyl (C=O) groups excluding carboxylic acids is 1. The normalized spacial score (nSPS) is 10.3. The first-order valence-corrected chi connectivity index (χ1v) is 5.21. The lowest BCUT2D eigenvalue weighted by Crippen LogP contribution is -2.06. The minimum absolute atomic E-state index is 0.0442. The Kier molecular flexibility index (Phi) is 4.61. The molecule has 0 amide bonds. The SMILES string of the molecule is O=Cc1[nH]c(CO)c(CC(=O)O)c1CCC(=O)O. The number of aldehydes is 1. The lowest BCUT2D eigenvalue weighted by Gasteiger charge is -2.03. The van der Waals surface area contributed by atoms with E-state index >= 15 is 0 Å². The van der Waals surface area contributed by atoms with Gasteiger partial charge in [0.25, 0.3) is 0 Å². The first-order valence-electron chi connectivity index (χ1n) is 5.21. The number of H-pyrrole nitrogens is 1. The second-order valence-electron chi connectivity index (χ2n) is 3.71. The maximum Gasteiger partial charge on any atom is 0.307 e. The summed E-state index contributed by atoms with van der Waals surface area (Å²) in [6, 6.07) is 0. The Hall–Kier alpha value is -2.15. The number of aliphatic carboxylic acids is 2. The summed E-state index contributed by atoms with van der Waals surface area (Å²) < 4.78 is 0. The minimum atomic E-state index is -1.11. The molecule has 98 valence electrons. The molecule has 1 aromatic heterocycles. The highest BCUT2D eigenvalue weighted by atomic mass is 16.4. The fourth-order valence-electron chi connectivity index (χ4n) is 1.78. The number of carboxylic acid groups (broad SMARTS) is 2. The molecule has 0 bridgehead atoms. The van der Waals surface area contributed by atoms with Gasteiger partial charge in [-0.05, 0) is 17.5 Å². The van der Waals surface area contributed by atoms with E-state index in [2.05, 4.69) is 4.98 Å². The van der Waals surface area contributed by atoms with E-state index in [1.807, 2.05) is 0 Å². The molecule has 0 aliphatic heterocycles. The molecule has 0 aliphatic carbocycles. The number of aliphatic hydroxyl groups is 1. The fraction of sp³-hybridized carbons (Fsp3) is 0.364. The van der Waals surface area contributed by atoms with Crippen LogP contribution in [0.15, 0.2) is 0 Å². The van der Waals surface area contributed by atoms with Gasteiger partial charge in [-0.1, -0.05) is 0 Å². The van der Waals surface area contributed by atoms with Crippen LogP contribution in [-0.4, -0.2) is 38.5 Å². The molecule has 18 heavy (non-hydrogen) atoms. The fourth-order valence-corrected chi connectivity index (χ4v) is 1.78. The van der Waals surface area contributed by atoms with Gasteiger partial charge >= 0.3 is 11.9 Å². The third kappa shape index (κ3) is 3.17. The van der Waals surface area contributed by atoms with Crippen LogP contribution < -0.4 is 0 Å². The van der Waals surface area contributed by atoms with Crippen molar-refractivity contribution in [1.29, 1.82) is 0 Å². The van der Waals surface area contributed by atoms with Gasteiger partial charge in [-0.3, -0.25) is 14.4 Å². The molecule has 4 N–H and O–H groups in total. The third-order valence-corrected chi connectivity index (χ3v) is 2.53. The van der Waals surface area contributed by atoms with Gasteiger partial charge in [0.1, 0.15) is 0 Å². The number of aromatic nitrogens is 1. The molecule has 0 unspecified atom stereocenters. The molecular weight excluding hydrogens is 242 g/mol. The number of aliphatic hydroxyl groups excluding tert-OH is 1. The lowest BCUT2D eigenvalue weighted by atomic mass is 10.0. The molecule has 0 aromatic carbocycles. The smallest absolute Gasteiger partial charge is 0.307 e. The molecule has 0 aliphatic rings. The van der Waals surface area contributed by atoms with Gasteiger partial charge in [0.05, 0.1) is 18.7 Å². The van der Waals surface area contributed by atoms with E-state index in [9.17, 15) is 14.4 Å². The molecule has 0 atom stereocenters. The average Bonchev–Trinajstić information content (AvgIpc) is 2.63. The first kappa shape index (κ1) is 13.9. The molecule has 7 heteroatoms. The Morgan fingerprint density at radius 1 is 1.17 bits per heavy atom. The first-order chi connectivity index (χ1) is 8.49. The van der Waals surface area contributed by atoms with Crippen LogP contribution in [0, 0.1) is 0 Å². The maximum atomic E-state index is 10.8. The molecule has 0 spiro atoms. The summed E-state index contributed by atoms with van der Waals surface area (Å²) in [5.41, 5.74) is 0.989. The van der Waals surface area contributed by atoms with Gasteiger partial charge in [-0.2, -0.15) is 0 Å². The highest BCUT2D eigenvalue weighted by Gasteiger charge is 2.19. The van der Waals surface area contributed by atoms with Gasteiger partial charge in [-0.15, -0.1) is 0 Å². The van der Waals surface area contributed by atoms with Crippen LogP contribution in [0.2, 0.25) is 0 Å². The van der Waals surface area contributed by atoms with Crippen LogP contribution in [0.5, 0.6) is 0 Å². The number of hydrogen-bond acceptors (Lipinski definition) is 4. The summed E-state index contributed by atoms with van der Waals surface area (Å²) in [4.78, 5) is 34.7. The van der Waals surface area contributed by atoms with Crippen molar-refractivity contribution in [2.24, 2.45) is 0 Å². The molecular formula is C11H13NO6. The predicted octanol–water partition coefficient (Wildman–Crippen LogP) is -0.0362. The molecule has 0 saturated carbocycles. The Morgan fingerprint density at radius 2 is 1.83 bits per heavy atom. The van der Waals surface area contributed by atoms with E-state index in [0.717, 1.165) is 0 Å². The topological polar surface area (TPSA) is 128 Å². The molecule has 0 fully saturated rings. The van der Waals surface area contributed by atoms with E-state index in [-0.39, 0.29) is 36.2 Å². The summed E-state index contributed by atoms with van der Waals surface area (Å²) in [6.07, 6.45) is -0.0461.